The SMILES string of the molecule is CC(=O)c1ccc(S)c(C(=O)O)c1.[Zn]. The van der Waals surface area contributed by atoms with Gasteiger partial charge in [-0.25, -0.2) is 4.79 Å². The number of Topliss-reactive ketones (excluding diaryl/α,β-unsaturated/α-hetero) is 1. The number of benzene rings is 1. The van der Waals surface area contributed by atoms with Gasteiger partial charge in [0.15, 0.2) is 5.78 Å². The van der Waals surface area contributed by atoms with E-state index in [9.17, 15) is 9.59 Å². The Kier molecular flexibility index (Phi) is 5.02. The summed E-state index contributed by atoms with van der Waals surface area (Å²) in [4.78, 5) is 21.9. The second-order valence-electron chi connectivity index (χ2n) is 2.59. The topological polar surface area (TPSA) is 54.4 Å². The number of carbonyl (C=O) groups is 2. The molecule has 0 aliphatic rings. The van der Waals surface area contributed by atoms with E-state index in [4.69, 9.17) is 5.11 Å². The minimum absolute atomic E-state index is 0. The van der Waals surface area contributed by atoms with Crippen molar-refractivity contribution in [3.63, 3.8) is 0 Å². The number of thiol groups is 1. The van der Waals surface area contributed by atoms with E-state index < -0.39 is 5.97 Å². The molecule has 1 rings (SSSR count). The first kappa shape index (κ1) is 13.3. The van der Waals surface area contributed by atoms with Crippen molar-refractivity contribution in [1.82, 2.24) is 0 Å². The summed E-state index contributed by atoms with van der Waals surface area (Å²) >= 11 is 3.96. The number of hydrogen-bond acceptors (Lipinski definition) is 3. The van der Waals surface area contributed by atoms with Crippen LogP contribution in [0.3, 0.4) is 0 Å². The molecule has 0 heterocycles. The fourth-order valence-electron chi connectivity index (χ4n) is 0.926. The fourth-order valence-corrected chi connectivity index (χ4v) is 1.16. The van der Waals surface area contributed by atoms with Gasteiger partial charge < -0.3 is 5.11 Å². The van der Waals surface area contributed by atoms with E-state index >= 15 is 0 Å². The molecule has 0 aliphatic heterocycles. The maximum atomic E-state index is 10.9. The van der Waals surface area contributed by atoms with Gasteiger partial charge in [0.25, 0.3) is 0 Å². The summed E-state index contributed by atoms with van der Waals surface area (Å²) in [5, 5.41) is 8.71. The molecule has 0 unspecified atom stereocenters. The molecule has 1 aromatic carbocycles. The van der Waals surface area contributed by atoms with Gasteiger partial charge >= 0.3 is 5.97 Å². The predicted molar refractivity (Wildman–Crippen MR) is 50.7 cm³/mol. The fraction of sp³-hybridized carbons (Fsp3) is 0.111. The molecular formula is C9H8O3SZn. The third-order valence-electron chi connectivity index (χ3n) is 1.63. The number of ketones is 1. The van der Waals surface area contributed by atoms with Crippen LogP contribution in [0.25, 0.3) is 0 Å². The molecule has 0 saturated heterocycles. The molecule has 0 spiro atoms. The number of hydrogen-bond donors (Lipinski definition) is 2. The van der Waals surface area contributed by atoms with E-state index in [0.717, 1.165) is 0 Å². The molecule has 0 saturated carbocycles. The summed E-state index contributed by atoms with van der Waals surface area (Å²) in [6, 6.07) is 4.38. The number of carboxylic acid groups (broad SMARTS) is 1. The summed E-state index contributed by atoms with van der Waals surface area (Å²) in [7, 11) is 0. The van der Waals surface area contributed by atoms with Crippen LogP contribution in [0.5, 0.6) is 0 Å². The first-order valence-corrected chi connectivity index (χ1v) is 4.04. The average molecular weight is 262 g/mol. The molecule has 0 aromatic heterocycles. The van der Waals surface area contributed by atoms with Gasteiger partial charge in [0.05, 0.1) is 5.56 Å². The summed E-state index contributed by atoms with van der Waals surface area (Å²) in [6.07, 6.45) is 0. The van der Waals surface area contributed by atoms with Gasteiger partial charge in [-0.05, 0) is 19.1 Å². The molecule has 1 N–H and O–H groups in total. The van der Waals surface area contributed by atoms with Gasteiger partial charge in [0, 0.05) is 29.9 Å². The molecule has 1 aromatic rings. The Labute approximate surface area is 99.7 Å². The van der Waals surface area contributed by atoms with Crippen LogP contribution < -0.4 is 0 Å². The van der Waals surface area contributed by atoms with E-state index in [0.29, 0.717) is 10.5 Å². The summed E-state index contributed by atoms with van der Waals surface area (Å²) in [5.41, 5.74) is 0.436. The summed E-state index contributed by atoms with van der Waals surface area (Å²) in [5.74, 6) is -1.23. The smallest absolute Gasteiger partial charge is 0.336 e. The van der Waals surface area contributed by atoms with Gasteiger partial charge in [-0.2, -0.15) is 0 Å². The zero-order chi connectivity index (χ0) is 10.0. The third-order valence-corrected chi connectivity index (χ3v) is 2.02. The van der Waals surface area contributed by atoms with Crippen LogP contribution in [0.2, 0.25) is 0 Å². The minimum Gasteiger partial charge on any atom is -0.478 e. The zero-order valence-corrected chi connectivity index (χ0v) is 11.5. The minimum atomic E-state index is -1.08. The predicted octanol–water partition coefficient (Wildman–Crippen LogP) is 1.87. The molecule has 0 radical (unpaired) electrons. The molecule has 0 fully saturated rings. The van der Waals surface area contributed by atoms with Gasteiger partial charge in [-0.1, -0.05) is 6.07 Å². The molecule has 0 amide bonds. The van der Waals surface area contributed by atoms with E-state index in [2.05, 4.69) is 12.6 Å². The van der Waals surface area contributed by atoms with Crippen LogP contribution in [-0.4, -0.2) is 16.9 Å². The Morgan fingerprint density at radius 3 is 2.36 bits per heavy atom. The Hall–Kier alpha value is -0.667. The second kappa shape index (κ2) is 5.27. The van der Waals surface area contributed by atoms with Gasteiger partial charge in [-0.3, -0.25) is 4.79 Å². The van der Waals surface area contributed by atoms with Crippen LogP contribution in [-0.2, 0) is 19.5 Å². The largest absolute Gasteiger partial charge is 0.478 e. The zero-order valence-electron chi connectivity index (χ0n) is 7.65. The molecule has 0 bridgehead atoms. The van der Waals surface area contributed by atoms with E-state index in [1.54, 1.807) is 6.07 Å². The molecule has 0 atom stereocenters. The molecule has 70 valence electrons. The monoisotopic (exact) mass is 260 g/mol. The number of aromatic carboxylic acids is 1. The van der Waals surface area contributed by atoms with E-state index in [1.807, 2.05) is 0 Å². The molecule has 5 heteroatoms. The van der Waals surface area contributed by atoms with Crippen LogP contribution in [0.1, 0.15) is 27.6 Å². The normalized spacial score (nSPS) is 9.00. The van der Waals surface area contributed by atoms with Crippen LogP contribution >= 0.6 is 12.6 Å². The van der Waals surface area contributed by atoms with Crippen molar-refractivity contribution in [2.24, 2.45) is 0 Å². The molecule has 0 aliphatic carbocycles. The summed E-state index contributed by atoms with van der Waals surface area (Å²) < 4.78 is 0. The van der Waals surface area contributed by atoms with E-state index in [-0.39, 0.29) is 30.8 Å². The standard InChI is InChI=1S/C9H8O3S.Zn/c1-5(10)6-2-3-8(13)7(4-6)9(11)12;/h2-4,13H,1H3,(H,11,12);. The maximum Gasteiger partial charge on any atom is 0.336 e. The number of rotatable bonds is 2. The Morgan fingerprint density at radius 2 is 1.93 bits per heavy atom. The number of carboxylic acids is 1. The summed E-state index contributed by atoms with van der Waals surface area (Å²) in [6.45, 7) is 1.39. The van der Waals surface area contributed by atoms with Gasteiger partial charge in [-0.15, -0.1) is 12.6 Å². The Balaban J connectivity index is 0.00000169. The third kappa shape index (κ3) is 2.93. The van der Waals surface area contributed by atoms with Crippen molar-refractivity contribution in [2.45, 2.75) is 11.8 Å². The molecule has 3 nitrogen and oxygen atoms in total. The van der Waals surface area contributed by atoms with E-state index in [1.165, 1.54) is 19.1 Å². The molecular weight excluding hydrogens is 254 g/mol. The van der Waals surface area contributed by atoms with Crippen molar-refractivity contribution in [1.29, 1.82) is 0 Å². The van der Waals surface area contributed by atoms with Crippen molar-refractivity contribution >= 4 is 24.4 Å². The van der Waals surface area contributed by atoms with Crippen LogP contribution in [0, 0.1) is 0 Å². The Morgan fingerprint density at radius 1 is 1.36 bits per heavy atom. The Bertz CT molecular complexity index is 376. The van der Waals surface area contributed by atoms with Crippen LogP contribution in [0.15, 0.2) is 23.1 Å². The van der Waals surface area contributed by atoms with Crippen molar-refractivity contribution in [3.8, 4) is 0 Å². The quantitative estimate of drug-likeness (QED) is 0.485. The maximum absolute atomic E-state index is 10.9. The van der Waals surface area contributed by atoms with Crippen molar-refractivity contribution < 1.29 is 34.2 Å². The van der Waals surface area contributed by atoms with Gasteiger partial charge in [0.2, 0.25) is 0 Å². The van der Waals surface area contributed by atoms with Crippen molar-refractivity contribution in [2.75, 3.05) is 0 Å². The van der Waals surface area contributed by atoms with Crippen molar-refractivity contribution in [3.05, 3.63) is 29.3 Å². The first-order valence-electron chi connectivity index (χ1n) is 3.59. The molecule has 14 heavy (non-hydrogen) atoms. The van der Waals surface area contributed by atoms with Gasteiger partial charge in [0.1, 0.15) is 0 Å². The van der Waals surface area contributed by atoms with Crippen LogP contribution in [0.4, 0.5) is 0 Å². The first-order chi connectivity index (χ1) is 6.02. The average Bonchev–Trinajstić information content (AvgIpc) is 2.04. The number of carbonyl (C=O) groups excluding carboxylic acids is 1. The second-order valence-corrected chi connectivity index (χ2v) is 3.08.